The molecule has 0 unspecified atom stereocenters. The predicted octanol–water partition coefficient (Wildman–Crippen LogP) is 3.09. The second kappa shape index (κ2) is 8.41. The average molecular weight is 305 g/mol. The van der Waals surface area contributed by atoms with Gasteiger partial charge in [-0.05, 0) is 30.5 Å². The standard InChI is InChI=1S/C14H21ClN2O.ClH/c1-4-17(14(18)13(16)10(2)3)9-11-6-5-7-12(15)8-11;/h5-8,10,13H,4,9,16H2,1-3H3;1H/t13-;/m1./s1. The number of benzene rings is 1. The SMILES string of the molecule is CCN(Cc1cccc(Cl)c1)C(=O)[C@H](N)C(C)C.Cl. The normalized spacial score (nSPS) is 11.9. The van der Waals surface area contributed by atoms with E-state index >= 15 is 0 Å². The van der Waals surface area contributed by atoms with Gasteiger partial charge in [0.2, 0.25) is 5.91 Å². The summed E-state index contributed by atoms with van der Waals surface area (Å²) < 4.78 is 0. The highest BCUT2D eigenvalue weighted by Crippen LogP contribution is 2.14. The van der Waals surface area contributed by atoms with Crippen LogP contribution in [0.15, 0.2) is 24.3 Å². The van der Waals surface area contributed by atoms with E-state index in [2.05, 4.69) is 0 Å². The Morgan fingerprint density at radius 3 is 2.53 bits per heavy atom. The van der Waals surface area contributed by atoms with E-state index in [1.54, 1.807) is 4.90 Å². The highest BCUT2D eigenvalue weighted by Gasteiger charge is 2.22. The Balaban J connectivity index is 0.00000324. The third-order valence-electron chi connectivity index (χ3n) is 2.96. The fraction of sp³-hybridized carbons (Fsp3) is 0.500. The summed E-state index contributed by atoms with van der Waals surface area (Å²) in [7, 11) is 0. The molecule has 0 bridgehead atoms. The number of amides is 1. The summed E-state index contributed by atoms with van der Waals surface area (Å²) in [6, 6.07) is 7.10. The summed E-state index contributed by atoms with van der Waals surface area (Å²) in [5.74, 6) is 0.137. The highest BCUT2D eigenvalue weighted by atomic mass is 35.5. The van der Waals surface area contributed by atoms with Gasteiger partial charge < -0.3 is 10.6 Å². The van der Waals surface area contributed by atoms with Gasteiger partial charge in [-0.25, -0.2) is 0 Å². The molecule has 1 aromatic carbocycles. The molecule has 0 aromatic heterocycles. The molecule has 1 atom stereocenters. The van der Waals surface area contributed by atoms with E-state index in [1.165, 1.54) is 0 Å². The lowest BCUT2D eigenvalue weighted by atomic mass is 10.0. The number of carbonyl (C=O) groups is 1. The van der Waals surface area contributed by atoms with Gasteiger partial charge in [-0.2, -0.15) is 0 Å². The van der Waals surface area contributed by atoms with E-state index in [-0.39, 0.29) is 24.2 Å². The van der Waals surface area contributed by atoms with Crippen molar-refractivity contribution in [1.82, 2.24) is 4.90 Å². The van der Waals surface area contributed by atoms with Crippen molar-refractivity contribution in [3.8, 4) is 0 Å². The molecule has 0 aliphatic heterocycles. The van der Waals surface area contributed by atoms with Crippen molar-refractivity contribution in [2.75, 3.05) is 6.54 Å². The van der Waals surface area contributed by atoms with Gasteiger partial charge in [0, 0.05) is 18.1 Å². The molecular formula is C14H22Cl2N2O. The number of nitrogens with zero attached hydrogens (tertiary/aromatic N) is 1. The van der Waals surface area contributed by atoms with Crippen LogP contribution >= 0.6 is 24.0 Å². The summed E-state index contributed by atoms with van der Waals surface area (Å²) in [4.78, 5) is 13.9. The van der Waals surface area contributed by atoms with E-state index in [0.29, 0.717) is 18.1 Å². The first-order valence-electron chi connectivity index (χ1n) is 6.24. The van der Waals surface area contributed by atoms with Gasteiger partial charge in [0.15, 0.2) is 0 Å². The first-order valence-corrected chi connectivity index (χ1v) is 6.62. The zero-order valence-electron chi connectivity index (χ0n) is 11.6. The van der Waals surface area contributed by atoms with Crippen molar-refractivity contribution in [3.05, 3.63) is 34.9 Å². The zero-order chi connectivity index (χ0) is 13.7. The maximum Gasteiger partial charge on any atom is 0.240 e. The van der Waals surface area contributed by atoms with Gasteiger partial charge in [0.05, 0.1) is 6.04 Å². The quantitative estimate of drug-likeness (QED) is 0.908. The summed E-state index contributed by atoms with van der Waals surface area (Å²) in [6.45, 7) is 7.06. The van der Waals surface area contributed by atoms with Crippen molar-refractivity contribution in [2.45, 2.75) is 33.4 Å². The van der Waals surface area contributed by atoms with Crippen LogP contribution in [-0.4, -0.2) is 23.4 Å². The zero-order valence-corrected chi connectivity index (χ0v) is 13.2. The number of hydrogen-bond donors (Lipinski definition) is 1. The second-order valence-electron chi connectivity index (χ2n) is 4.75. The van der Waals surface area contributed by atoms with Crippen LogP contribution in [0.3, 0.4) is 0 Å². The number of nitrogens with two attached hydrogens (primary N) is 1. The Morgan fingerprint density at radius 1 is 1.42 bits per heavy atom. The van der Waals surface area contributed by atoms with Crippen LogP contribution in [0.25, 0.3) is 0 Å². The molecule has 0 aliphatic carbocycles. The van der Waals surface area contributed by atoms with Crippen molar-refractivity contribution in [2.24, 2.45) is 11.7 Å². The summed E-state index contributed by atoms with van der Waals surface area (Å²) >= 11 is 5.94. The molecule has 0 fully saturated rings. The smallest absolute Gasteiger partial charge is 0.240 e. The van der Waals surface area contributed by atoms with E-state index < -0.39 is 6.04 Å². The lowest BCUT2D eigenvalue weighted by Gasteiger charge is -2.26. The van der Waals surface area contributed by atoms with Crippen LogP contribution in [0, 0.1) is 5.92 Å². The first-order chi connectivity index (χ1) is 8.45. The molecule has 108 valence electrons. The van der Waals surface area contributed by atoms with E-state index in [4.69, 9.17) is 17.3 Å². The Bertz CT molecular complexity index is 410. The summed E-state index contributed by atoms with van der Waals surface area (Å²) in [5, 5.41) is 0.684. The van der Waals surface area contributed by atoms with Crippen LogP contribution in [0.1, 0.15) is 26.3 Å². The molecule has 1 aromatic rings. The maximum atomic E-state index is 12.2. The van der Waals surface area contributed by atoms with E-state index in [1.807, 2.05) is 45.0 Å². The van der Waals surface area contributed by atoms with Crippen LogP contribution in [0.4, 0.5) is 0 Å². The Morgan fingerprint density at radius 2 is 2.05 bits per heavy atom. The maximum absolute atomic E-state index is 12.2. The van der Waals surface area contributed by atoms with E-state index in [9.17, 15) is 4.79 Å². The number of halogens is 2. The Labute approximate surface area is 126 Å². The van der Waals surface area contributed by atoms with Gasteiger partial charge in [-0.15, -0.1) is 12.4 Å². The van der Waals surface area contributed by atoms with E-state index in [0.717, 1.165) is 5.56 Å². The van der Waals surface area contributed by atoms with Crippen molar-refractivity contribution >= 4 is 29.9 Å². The number of likely N-dealkylation sites (N-methyl/N-ethyl adjacent to an activating group) is 1. The second-order valence-corrected chi connectivity index (χ2v) is 5.19. The molecule has 0 aliphatic rings. The molecular weight excluding hydrogens is 283 g/mol. The largest absolute Gasteiger partial charge is 0.337 e. The minimum absolute atomic E-state index is 0. The molecule has 2 N–H and O–H groups in total. The molecule has 0 heterocycles. The third-order valence-corrected chi connectivity index (χ3v) is 3.19. The lowest BCUT2D eigenvalue weighted by molar-refractivity contribution is -0.134. The molecule has 0 radical (unpaired) electrons. The number of rotatable bonds is 5. The Kier molecular flexibility index (Phi) is 8.07. The van der Waals surface area contributed by atoms with Gasteiger partial charge in [-0.1, -0.05) is 37.6 Å². The van der Waals surface area contributed by atoms with Crippen LogP contribution in [-0.2, 0) is 11.3 Å². The lowest BCUT2D eigenvalue weighted by Crippen LogP contribution is -2.46. The van der Waals surface area contributed by atoms with Gasteiger partial charge in [0.1, 0.15) is 0 Å². The topological polar surface area (TPSA) is 46.3 Å². The predicted molar refractivity (Wildman–Crippen MR) is 82.6 cm³/mol. The van der Waals surface area contributed by atoms with Crippen molar-refractivity contribution < 1.29 is 4.79 Å². The average Bonchev–Trinajstić information content (AvgIpc) is 2.34. The van der Waals surface area contributed by atoms with Crippen LogP contribution in [0.2, 0.25) is 5.02 Å². The van der Waals surface area contributed by atoms with Gasteiger partial charge in [-0.3, -0.25) is 4.79 Å². The van der Waals surface area contributed by atoms with Crippen LogP contribution in [0.5, 0.6) is 0 Å². The molecule has 1 rings (SSSR count). The monoisotopic (exact) mass is 304 g/mol. The molecule has 3 nitrogen and oxygen atoms in total. The van der Waals surface area contributed by atoms with Crippen molar-refractivity contribution in [1.29, 1.82) is 0 Å². The minimum atomic E-state index is -0.441. The summed E-state index contributed by atoms with van der Waals surface area (Å²) in [6.07, 6.45) is 0. The van der Waals surface area contributed by atoms with Gasteiger partial charge >= 0.3 is 0 Å². The molecule has 0 saturated heterocycles. The molecule has 1 amide bonds. The summed E-state index contributed by atoms with van der Waals surface area (Å²) in [5.41, 5.74) is 6.92. The highest BCUT2D eigenvalue weighted by molar-refractivity contribution is 6.30. The number of carbonyl (C=O) groups excluding carboxylic acids is 1. The van der Waals surface area contributed by atoms with Crippen molar-refractivity contribution in [3.63, 3.8) is 0 Å². The van der Waals surface area contributed by atoms with Crippen LogP contribution < -0.4 is 5.73 Å². The molecule has 0 spiro atoms. The Hall–Kier alpha value is -0.770. The fourth-order valence-corrected chi connectivity index (χ4v) is 1.91. The first kappa shape index (κ1) is 18.2. The third kappa shape index (κ3) is 5.39. The molecule has 5 heteroatoms. The molecule has 0 saturated carbocycles. The minimum Gasteiger partial charge on any atom is -0.337 e. The molecule has 19 heavy (non-hydrogen) atoms. The number of hydrogen-bond acceptors (Lipinski definition) is 2. The fourth-order valence-electron chi connectivity index (χ4n) is 1.70. The van der Waals surface area contributed by atoms with Gasteiger partial charge in [0.25, 0.3) is 0 Å².